The van der Waals surface area contributed by atoms with E-state index in [0.29, 0.717) is 24.3 Å². The Morgan fingerprint density at radius 3 is 2.35 bits per heavy atom. The van der Waals surface area contributed by atoms with Gasteiger partial charge in [-0.1, -0.05) is 62.2 Å². The number of nitrogens with zero attached hydrogens (tertiary/aromatic N) is 1. The molecule has 0 bridgehead atoms. The molecule has 1 aliphatic heterocycles. The van der Waals surface area contributed by atoms with Crippen molar-refractivity contribution in [2.45, 2.75) is 51.6 Å². The molecule has 166 valence electrons. The van der Waals surface area contributed by atoms with Gasteiger partial charge in [-0.25, -0.2) is 0 Å². The zero-order valence-electron chi connectivity index (χ0n) is 18.2. The summed E-state index contributed by atoms with van der Waals surface area (Å²) in [5.74, 6) is -0.122. The van der Waals surface area contributed by atoms with Gasteiger partial charge in [0.2, 0.25) is 0 Å². The Morgan fingerprint density at radius 1 is 1.13 bits per heavy atom. The molecule has 2 aromatic rings. The second kappa shape index (κ2) is 8.81. The van der Waals surface area contributed by atoms with E-state index in [1.165, 1.54) is 23.5 Å². The molecule has 1 amide bonds. The van der Waals surface area contributed by atoms with Crippen molar-refractivity contribution in [2.24, 2.45) is 0 Å². The predicted octanol–water partition coefficient (Wildman–Crippen LogP) is 5.27. The lowest BCUT2D eigenvalue weighted by Crippen LogP contribution is -2.42. The summed E-state index contributed by atoms with van der Waals surface area (Å²) in [4.78, 5) is 26.2. The number of anilines is 1. The van der Waals surface area contributed by atoms with Crippen LogP contribution in [0.1, 0.15) is 51.7 Å². The first-order valence-corrected chi connectivity index (χ1v) is 11.0. The maximum absolute atomic E-state index is 13.1. The molecule has 7 heteroatoms. The number of ketones is 1. The van der Waals surface area contributed by atoms with Crippen molar-refractivity contribution in [1.29, 1.82) is 0 Å². The Morgan fingerprint density at radius 2 is 1.77 bits per heavy atom. The minimum Gasteiger partial charge on any atom is -0.494 e. The Hall–Kier alpha value is -2.08. The van der Waals surface area contributed by atoms with Gasteiger partial charge in [-0.15, -0.1) is 0 Å². The Labute approximate surface area is 192 Å². The number of ether oxygens (including phenoxy) is 1. The number of halogens is 2. The van der Waals surface area contributed by atoms with Gasteiger partial charge < -0.3 is 14.7 Å². The molecule has 1 atom stereocenters. The summed E-state index contributed by atoms with van der Waals surface area (Å²) in [5.41, 5.74) is 0.0202. The summed E-state index contributed by atoms with van der Waals surface area (Å²) in [6, 6.07) is 11.0. The van der Waals surface area contributed by atoms with Crippen LogP contribution in [0.5, 0.6) is 5.75 Å². The fourth-order valence-electron chi connectivity index (χ4n) is 3.79. The standard InChI is InChI=1S/C24H27Cl2NO4/c1-15(28)14-24(30)18-10-11-19(25)20(26)21(18)27(22(24)29)12-5-13-31-17-8-6-16(7-9-17)23(2,3)4/h6-11,30H,5,12-14H2,1-4H3. The smallest absolute Gasteiger partial charge is 0.264 e. The predicted molar refractivity (Wildman–Crippen MR) is 123 cm³/mol. The number of Topliss-reactive ketones (excluding diaryl/α,β-unsaturated/α-hetero) is 1. The van der Waals surface area contributed by atoms with Crippen LogP contribution >= 0.6 is 23.2 Å². The molecule has 0 saturated heterocycles. The summed E-state index contributed by atoms with van der Waals surface area (Å²) in [5, 5.41) is 11.5. The Bertz CT molecular complexity index is 998. The van der Waals surface area contributed by atoms with Gasteiger partial charge in [0.05, 0.1) is 22.3 Å². The Kier molecular flexibility index (Phi) is 6.70. The molecule has 1 heterocycles. The van der Waals surface area contributed by atoms with Gasteiger partial charge in [0.25, 0.3) is 5.91 Å². The lowest BCUT2D eigenvalue weighted by atomic mass is 9.87. The molecule has 1 N–H and O–H groups in total. The molecule has 0 radical (unpaired) electrons. The highest BCUT2D eigenvalue weighted by Crippen LogP contribution is 2.48. The van der Waals surface area contributed by atoms with E-state index in [9.17, 15) is 14.7 Å². The molecule has 0 spiro atoms. The summed E-state index contributed by atoms with van der Waals surface area (Å²) in [7, 11) is 0. The number of hydrogen-bond donors (Lipinski definition) is 1. The van der Waals surface area contributed by atoms with E-state index < -0.39 is 11.5 Å². The number of benzene rings is 2. The lowest BCUT2D eigenvalue weighted by Gasteiger charge is -2.22. The van der Waals surface area contributed by atoms with E-state index in [-0.39, 0.29) is 34.2 Å². The van der Waals surface area contributed by atoms with Crippen LogP contribution in [-0.2, 0) is 20.6 Å². The van der Waals surface area contributed by atoms with E-state index in [4.69, 9.17) is 27.9 Å². The highest BCUT2D eigenvalue weighted by Gasteiger charge is 2.51. The molecule has 1 aliphatic rings. The van der Waals surface area contributed by atoms with Crippen LogP contribution in [0.3, 0.4) is 0 Å². The molecule has 0 saturated carbocycles. The fourth-order valence-corrected chi connectivity index (χ4v) is 4.21. The quantitative estimate of drug-likeness (QED) is 0.567. The van der Waals surface area contributed by atoms with Crippen molar-refractivity contribution < 1.29 is 19.4 Å². The van der Waals surface area contributed by atoms with E-state index >= 15 is 0 Å². The minimum absolute atomic E-state index is 0.0687. The van der Waals surface area contributed by atoms with Crippen LogP contribution in [0.25, 0.3) is 0 Å². The minimum atomic E-state index is -1.93. The third kappa shape index (κ3) is 4.74. The van der Waals surface area contributed by atoms with Gasteiger partial charge in [-0.05, 0) is 42.5 Å². The summed E-state index contributed by atoms with van der Waals surface area (Å²) in [6.07, 6.45) is 0.190. The van der Waals surface area contributed by atoms with E-state index in [0.717, 1.165) is 5.75 Å². The van der Waals surface area contributed by atoms with Crippen molar-refractivity contribution in [2.75, 3.05) is 18.1 Å². The molecule has 1 unspecified atom stereocenters. The van der Waals surface area contributed by atoms with Gasteiger partial charge in [0, 0.05) is 18.5 Å². The molecule has 3 rings (SSSR count). The number of carbonyl (C=O) groups is 2. The SMILES string of the molecule is CC(=O)CC1(O)C(=O)N(CCCOc2ccc(C(C)(C)C)cc2)c2c1ccc(Cl)c2Cl. The normalized spacial score (nSPS) is 18.3. The van der Waals surface area contributed by atoms with E-state index in [1.54, 1.807) is 6.07 Å². The molecule has 0 fully saturated rings. The second-order valence-electron chi connectivity index (χ2n) is 8.93. The van der Waals surface area contributed by atoms with Crippen LogP contribution in [0.15, 0.2) is 36.4 Å². The van der Waals surface area contributed by atoms with Crippen LogP contribution in [0.2, 0.25) is 10.0 Å². The van der Waals surface area contributed by atoms with Crippen molar-refractivity contribution in [3.05, 3.63) is 57.6 Å². The zero-order chi connectivity index (χ0) is 23.0. The first-order chi connectivity index (χ1) is 14.4. The number of hydrogen-bond acceptors (Lipinski definition) is 4. The molecule has 2 aromatic carbocycles. The van der Waals surface area contributed by atoms with Crippen LogP contribution in [-0.4, -0.2) is 29.9 Å². The molecule has 31 heavy (non-hydrogen) atoms. The molecule has 5 nitrogen and oxygen atoms in total. The van der Waals surface area contributed by atoms with Crippen LogP contribution < -0.4 is 9.64 Å². The van der Waals surface area contributed by atoms with Gasteiger partial charge in [0.1, 0.15) is 11.5 Å². The van der Waals surface area contributed by atoms with Crippen molar-refractivity contribution in [3.8, 4) is 5.75 Å². The third-order valence-electron chi connectivity index (χ3n) is 5.40. The van der Waals surface area contributed by atoms with Crippen molar-refractivity contribution >= 4 is 40.6 Å². The van der Waals surface area contributed by atoms with Crippen LogP contribution in [0.4, 0.5) is 5.69 Å². The maximum Gasteiger partial charge on any atom is 0.264 e. The maximum atomic E-state index is 13.1. The number of amides is 1. The molecule has 0 aliphatic carbocycles. The number of rotatable bonds is 7. The lowest BCUT2D eigenvalue weighted by molar-refractivity contribution is -0.141. The Balaban J connectivity index is 1.71. The topological polar surface area (TPSA) is 66.8 Å². The van der Waals surface area contributed by atoms with Crippen molar-refractivity contribution in [3.63, 3.8) is 0 Å². The van der Waals surface area contributed by atoms with E-state index in [2.05, 4.69) is 20.8 Å². The van der Waals surface area contributed by atoms with Gasteiger partial charge in [-0.2, -0.15) is 0 Å². The molecular weight excluding hydrogens is 437 g/mol. The largest absolute Gasteiger partial charge is 0.494 e. The third-order valence-corrected chi connectivity index (χ3v) is 6.20. The molecule has 0 aromatic heterocycles. The van der Waals surface area contributed by atoms with Crippen LogP contribution in [0, 0.1) is 0 Å². The fraction of sp³-hybridized carbons (Fsp3) is 0.417. The first kappa shape index (κ1) is 23.6. The summed E-state index contributed by atoms with van der Waals surface area (Å²) >= 11 is 12.5. The van der Waals surface area contributed by atoms with Gasteiger partial charge in [-0.3, -0.25) is 9.59 Å². The molecular formula is C24H27Cl2NO4. The summed E-state index contributed by atoms with van der Waals surface area (Å²) in [6.45, 7) is 8.43. The average molecular weight is 464 g/mol. The highest BCUT2D eigenvalue weighted by molar-refractivity contribution is 6.44. The monoisotopic (exact) mass is 463 g/mol. The number of fused-ring (bicyclic) bond motifs is 1. The second-order valence-corrected chi connectivity index (χ2v) is 9.71. The highest BCUT2D eigenvalue weighted by atomic mass is 35.5. The van der Waals surface area contributed by atoms with E-state index in [1.807, 2.05) is 24.3 Å². The number of carbonyl (C=O) groups excluding carboxylic acids is 2. The van der Waals surface area contributed by atoms with Gasteiger partial charge in [0.15, 0.2) is 5.60 Å². The van der Waals surface area contributed by atoms with Crippen molar-refractivity contribution in [1.82, 2.24) is 0 Å². The average Bonchev–Trinajstić information content (AvgIpc) is 2.89. The first-order valence-electron chi connectivity index (χ1n) is 10.2. The summed E-state index contributed by atoms with van der Waals surface area (Å²) < 4.78 is 5.81. The van der Waals surface area contributed by atoms with Gasteiger partial charge >= 0.3 is 0 Å². The number of aliphatic hydroxyl groups is 1. The zero-order valence-corrected chi connectivity index (χ0v) is 19.7.